The summed E-state index contributed by atoms with van der Waals surface area (Å²) in [6, 6.07) is 7.71. The first kappa shape index (κ1) is 13.7. The second kappa shape index (κ2) is 5.52. The number of halogens is 2. The van der Waals surface area contributed by atoms with Crippen molar-refractivity contribution in [3.05, 3.63) is 50.2 Å². The molecule has 1 nitrogen and oxygen atoms in total. The van der Waals surface area contributed by atoms with Crippen LogP contribution in [0.25, 0.3) is 0 Å². The molecule has 18 heavy (non-hydrogen) atoms. The van der Waals surface area contributed by atoms with E-state index in [2.05, 4.69) is 19.9 Å². The van der Waals surface area contributed by atoms with Gasteiger partial charge in [-0.15, -0.1) is 22.9 Å². The maximum atomic E-state index is 6.57. The van der Waals surface area contributed by atoms with Crippen molar-refractivity contribution in [1.82, 2.24) is 0 Å². The molecule has 0 saturated heterocycles. The maximum absolute atomic E-state index is 6.57. The number of alkyl halides is 1. The first-order valence-corrected chi connectivity index (χ1v) is 7.20. The molecule has 0 aliphatic carbocycles. The summed E-state index contributed by atoms with van der Waals surface area (Å²) in [4.78, 5) is 2.43. The third-order valence-corrected chi connectivity index (χ3v) is 4.81. The molecule has 0 spiro atoms. The lowest BCUT2D eigenvalue weighted by Crippen LogP contribution is -1.96. The number of methoxy groups -OCH3 is 1. The Kier molecular flexibility index (Phi) is 4.21. The summed E-state index contributed by atoms with van der Waals surface area (Å²) < 4.78 is 5.35. The van der Waals surface area contributed by atoms with E-state index < -0.39 is 0 Å². The highest BCUT2D eigenvalue weighted by Crippen LogP contribution is 2.40. The van der Waals surface area contributed by atoms with Crippen molar-refractivity contribution in [1.29, 1.82) is 0 Å². The van der Waals surface area contributed by atoms with Crippen molar-refractivity contribution in [2.75, 3.05) is 7.11 Å². The van der Waals surface area contributed by atoms with Crippen molar-refractivity contribution in [3.8, 4) is 5.75 Å². The Bertz CT molecular complexity index is 563. The minimum absolute atomic E-state index is 0.198. The average Bonchev–Trinajstić information content (AvgIpc) is 2.67. The molecule has 0 saturated carbocycles. The third-order valence-electron chi connectivity index (χ3n) is 2.78. The van der Waals surface area contributed by atoms with Gasteiger partial charge < -0.3 is 4.74 Å². The molecule has 1 atom stereocenters. The van der Waals surface area contributed by atoms with Crippen molar-refractivity contribution in [2.45, 2.75) is 19.2 Å². The van der Waals surface area contributed by atoms with Crippen LogP contribution in [0.2, 0.25) is 5.02 Å². The third kappa shape index (κ3) is 2.66. The second-order valence-electron chi connectivity index (χ2n) is 4.15. The zero-order valence-corrected chi connectivity index (χ0v) is 12.8. The van der Waals surface area contributed by atoms with Crippen molar-refractivity contribution in [3.63, 3.8) is 0 Å². The van der Waals surface area contributed by atoms with E-state index in [4.69, 9.17) is 27.9 Å². The van der Waals surface area contributed by atoms with Crippen LogP contribution in [-0.4, -0.2) is 7.11 Å². The molecule has 2 rings (SSSR count). The van der Waals surface area contributed by atoms with Gasteiger partial charge in [0.25, 0.3) is 0 Å². The van der Waals surface area contributed by atoms with Gasteiger partial charge in [-0.1, -0.05) is 17.7 Å². The Morgan fingerprint density at radius 2 is 1.94 bits per heavy atom. The molecule has 0 fully saturated rings. The summed E-state index contributed by atoms with van der Waals surface area (Å²) in [7, 11) is 1.63. The van der Waals surface area contributed by atoms with Gasteiger partial charge >= 0.3 is 0 Å². The van der Waals surface area contributed by atoms with Crippen LogP contribution in [0.3, 0.4) is 0 Å². The van der Waals surface area contributed by atoms with Crippen LogP contribution in [0.4, 0.5) is 0 Å². The number of hydrogen-bond acceptors (Lipinski definition) is 2. The fraction of sp³-hybridized carbons (Fsp3) is 0.286. The lowest BCUT2D eigenvalue weighted by Gasteiger charge is -2.14. The molecule has 2 aromatic rings. The monoisotopic (exact) mass is 300 g/mol. The lowest BCUT2D eigenvalue weighted by molar-refractivity contribution is 0.410. The minimum atomic E-state index is -0.198. The van der Waals surface area contributed by atoms with E-state index in [1.165, 1.54) is 10.4 Å². The predicted molar refractivity (Wildman–Crippen MR) is 79.5 cm³/mol. The predicted octanol–water partition coefficient (Wildman–Crippen LogP) is 5.36. The Morgan fingerprint density at radius 3 is 2.50 bits per heavy atom. The van der Waals surface area contributed by atoms with Crippen molar-refractivity contribution >= 4 is 34.5 Å². The number of thiophene rings is 1. The minimum Gasteiger partial charge on any atom is -0.496 e. The zero-order valence-electron chi connectivity index (χ0n) is 10.5. The summed E-state index contributed by atoms with van der Waals surface area (Å²) in [6.07, 6.45) is 0. The Morgan fingerprint density at radius 1 is 1.22 bits per heavy atom. The van der Waals surface area contributed by atoms with Gasteiger partial charge in [-0.05, 0) is 37.6 Å². The highest BCUT2D eigenvalue weighted by atomic mass is 35.5. The normalized spacial score (nSPS) is 12.5. The SMILES string of the molecule is COc1cc(Cl)ccc1C(Cl)c1sc(C)cc1C. The fourth-order valence-corrected chi connectivity index (χ4v) is 3.63. The van der Waals surface area contributed by atoms with Crippen LogP contribution in [-0.2, 0) is 0 Å². The number of ether oxygens (including phenoxy) is 1. The molecular weight excluding hydrogens is 287 g/mol. The molecule has 0 radical (unpaired) electrons. The highest BCUT2D eigenvalue weighted by molar-refractivity contribution is 7.12. The molecule has 1 unspecified atom stereocenters. The number of rotatable bonds is 3. The molecule has 1 heterocycles. The summed E-state index contributed by atoms with van der Waals surface area (Å²) >= 11 is 14.3. The molecule has 0 aliphatic rings. The number of benzene rings is 1. The number of hydrogen-bond donors (Lipinski definition) is 0. The van der Waals surface area contributed by atoms with Gasteiger partial charge in [0.1, 0.15) is 5.75 Å². The Balaban J connectivity index is 2.45. The van der Waals surface area contributed by atoms with Crippen LogP contribution in [0.5, 0.6) is 5.75 Å². The summed E-state index contributed by atoms with van der Waals surface area (Å²) in [5.74, 6) is 0.730. The Hall–Kier alpha value is -0.700. The summed E-state index contributed by atoms with van der Waals surface area (Å²) in [5, 5.41) is 0.453. The van der Waals surface area contributed by atoms with Crippen LogP contribution < -0.4 is 4.74 Å². The molecule has 1 aromatic heterocycles. The highest BCUT2D eigenvalue weighted by Gasteiger charge is 2.19. The van der Waals surface area contributed by atoms with Gasteiger partial charge in [0.15, 0.2) is 0 Å². The van der Waals surface area contributed by atoms with Gasteiger partial charge in [-0.2, -0.15) is 0 Å². The van der Waals surface area contributed by atoms with Gasteiger partial charge in [0, 0.05) is 20.3 Å². The molecule has 0 amide bonds. The standard InChI is InChI=1S/C14H14Cl2OS/c1-8-6-9(2)18-14(8)13(16)11-5-4-10(15)7-12(11)17-3/h4-7,13H,1-3H3. The maximum Gasteiger partial charge on any atom is 0.125 e. The van der Waals surface area contributed by atoms with Gasteiger partial charge in [0.05, 0.1) is 12.5 Å². The van der Waals surface area contributed by atoms with Crippen molar-refractivity contribution < 1.29 is 4.74 Å². The van der Waals surface area contributed by atoms with E-state index in [1.54, 1.807) is 24.5 Å². The van der Waals surface area contributed by atoms with Crippen LogP contribution in [0.1, 0.15) is 26.3 Å². The Labute approximate surface area is 121 Å². The molecule has 4 heteroatoms. The van der Waals surface area contributed by atoms with E-state index in [9.17, 15) is 0 Å². The van der Waals surface area contributed by atoms with Crippen molar-refractivity contribution in [2.24, 2.45) is 0 Å². The summed E-state index contributed by atoms with van der Waals surface area (Å²) in [6.45, 7) is 4.17. The largest absolute Gasteiger partial charge is 0.496 e. The first-order valence-electron chi connectivity index (χ1n) is 5.57. The molecular formula is C14H14Cl2OS. The quantitative estimate of drug-likeness (QED) is 0.694. The van der Waals surface area contributed by atoms with Gasteiger partial charge in [-0.3, -0.25) is 0 Å². The van der Waals surface area contributed by atoms with E-state index in [1.807, 2.05) is 12.1 Å². The van der Waals surface area contributed by atoms with E-state index >= 15 is 0 Å². The van der Waals surface area contributed by atoms with E-state index in [-0.39, 0.29) is 5.38 Å². The molecule has 96 valence electrons. The molecule has 1 aromatic carbocycles. The molecule has 0 aliphatic heterocycles. The fourth-order valence-electron chi connectivity index (χ4n) is 1.95. The molecule has 0 N–H and O–H groups in total. The summed E-state index contributed by atoms with van der Waals surface area (Å²) in [5.41, 5.74) is 2.17. The van der Waals surface area contributed by atoms with Crippen LogP contribution >= 0.6 is 34.5 Å². The van der Waals surface area contributed by atoms with Gasteiger partial charge in [-0.25, -0.2) is 0 Å². The lowest BCUT2D eigenvalue weighted by atomic mass is 10.1. The topological polar surface area (TPSA) is 9.23 Å². The van der Waals surface area contributed by atoms with Crippen LogP contribution in [0, 0.1) is 13.8 Å². The molecule has 0 bridgehead atoms. The van der Waals surface area contributed by atoms with Crippen LogP contribution in [0.15, 0.2) is 24.3 Å². The smallest absolute Gasteiger partial charge is 0.125 e. The first-order chi connectivity index (χ1) is 8.52. The zero-order chi connectivity index (χ0) is 13.3. The second-order valence-corrected chi connectivity index (χ2v) is 6.31. The average molecular weight is 301 g/mol. The van der Waals surface area contributed by atoms with E-state index in [0.717, 1.165) is 16.2 Å². The van der Waals surface area contributed by atoms with E-state index in [0.29, 0.717) is 5.02 Å². The number of aryl methyl sites for hydroxylation is 2. The van der Waals surface area contributed by atoms with Gasteiger partial charge in [0.2, 0.25) is 0 Å².